The molecule has 0 unspecified atom stereocenters. The summed E-state index contributed by atoms with van der Waals surface area (Å²) in [5, 5.41) is 3.52. The van der Waals surface area contributed by atoms with Gasteiger partial charge in [-0.2, -0.15) is 0 Å². The monoisotopic (exact) mass is 142 g/mol. The van der Waals surface area contributed by atoms with Crippen LogP contribution in [0.3, 0.4) is 0 Å². The molecule has 2 aliphatic rings. The molecule has 0 aliphatic carbocycles. The lowest BCUT2D eigenvalue weighted by Gasteiger charge is -2.40. The Labute approximate surface area is 61.3 Å². The molecule has 3 nitrogen and oxygen atoms in total. The first-order valence-corrected chi connectivity index (χ1v) is 3.87. The minimum atomic E-state index is 0.581. The quantitative estimate of drug-likeness (QED) is 0.483. The number of hydrogen-bond donors (Lipinski definition) is 1. The highest BCUT2D eigenvalue weighted by Crippen LogP contribution is 2.07. The van der Waals surface area contributed by atoms with Crippen molar-refractivity contribution in [2.75, 3.05) is 33.4 Å². The molecule has 58 valence electrons. The molecule has 2 bridgehead atoms. The van der Waals surface area contributed by atoms with Crippen LogP contribution in [-0.4, -0.2) is 50.3 Å². The maximum absolute atomic E-state index is 5.40. The largest absolute Gasteiger partial charge is 0.378 e. The van der Waals surface area contributed by atoms with Gasteiger partial charge in [-0.15, -0.1) is 0 Å². The summed E-state index contributed by atoms with van der Waals surface area (Å²) in [6, 6.07) is 1.16. The van der Waals surface area contributed by atoms with Crippen LogP contribution in [0.25, 0.3) is 0 Å². The molecular formula is C7H14N2O. The van der Waals surface area contributed by atoms with Gasteiger partial charge in [0.1, 0.15) is 0 Å². The van der Waals surface area contributed by atoms with Crippen LogP contribution in [0.5, 0.6) is 0 Å². The van der Waals surface area contributed by atoms with Crippen LogP contribution >= 0.6 is 0 Å². The van der Waals surface area contributed by atoms with Crippen molar-refractivity contribution in [3.63, 3.8) is 0 Å². The van der Waals surface area contributed by atoms with Crippen LogP contribution in [0.4, 0.5) is 0 Å². The molecule has 2 saturated heterocycles. The Morgan fingerprint density at radius 3 is 2.50 bits per heavy atom. The summed E-state index contributed by atoms with van der Waals surface area (Å²) in [7, 11) is 2.17. The normalized spacial score (nSPS) is 41.7. The minimum absolute atomic E-state index is 0.581. The van der Waals surface area contributed by atoms with E-state index in [-0.39, 0.29) is 0 Å². The van der Waals surface area contributed by atoms with Crippen LogP contribution in [0.15, 0.2) is 0 Å². The lowest BCUT2D eigenvalue weighted by molar-refractivity contribution is 0.000319. The van der Waals surface area contributed by atoms with Gasteiger partial charge in [0.2, 0.25) is 0 Å². The number of fused-ring (bicyclic) bond motifs is 2. The topological polar surface area (TPSA) is 24.5 Å². The molecule has 2 rings (SSSR count). The van der Waals surface area contributed by atoms with Gasteiger partial charge in [0.15, 0.2) is 0 Å². The number of nitrogens with zero attached hydrogens (tertiary/aromatic N) is 1. The van der Waals surface area contributed by atoms with E-state index in [9.17, 15) is 0 Å². The minimum Gasteiger partial charge on any atom is -0.378 e. The fourth-order valence-corrected chi connectivity index (χ4v) is 1.82. The number of likely N-dealkylation sites (N-methyl/N-ethyl adjacent to an activating group) is 1. The van der Waals surface area contributed by atoms with Crippen molar-refractivity contribution in [1.29, 1.82) is 0 Å². The Balaban J connectivity index is 1.98. The second-order valence-corrected chi connectivity index (χ2v) is 3.32. The Morgan fingerprint density at radius 2 is 1.90 bits per heavy atom. The summed E-state index contributed by atoms with van der Waals surface area (Å²) in [5.41, 5.74) is 0. The van der Waals surface area contributed by atoms with Gasteiger partial charge in [0.25, 0.3) is 0 Å². The molecule has 2 atom stereocenters. The van der Waals surface area contributed by atoms with Gasteiger partial charge in [-0.25, -0.2) is 0 Å². The van der Waals surface area contributed by atoms with Crippen LogP contribution in [0, 0.1) is 0 Å². The van der Waals surface area contributed by atoms with Gasteiger partial charge in [-0.1, -0.05) is 0 Å². The predicted molar refractivity (Wildman–Crippen MR) is 39.0 cm³/mol. The second kappa shape index (κ2) is 2.49. The van der Waals surface area contributed by atoms with E-state index in [1.54, 1.807) is 0 Å². The van der Waals surface area contributed by atoms with E-state index < -0.39 is 0 Å². The zero-order valence-electron chi connectivity index (χ0n) is 6.34. The maximum atomic E-state index is 5.40. The highest BCUT2D eigenvalue weighted by atomic mass is 16.5. The highest BCUT2D eigenvalue weighted by molar-refractivity contribution is 4.87. The Bertz CT molecular complexity index is 113. The number of hydrogen-bond acceptors (Lipinski definition) is 3. The first-order chi connectivity index (χ1) is 4.84. The van der Waals surface area contributed by atoms with Gasteiger partial charge >= 0.3 is 0 Å². The zero-order valence-corrected chi connectivity index (χ0v) is 6.34. The standard InChI is InChI=1S/C7H14N2O/c1-9-2-6-4-10-5-7(3-9)8-6/h6-8H,2-5H2,1H3/t6-,7+. The van der Waals surface area contributed by atoms with Crippen molar-refractivity contribution in [2.24, 2.45) is 0 Å². The van der Waals surface area contributed by atoms with E-state index in [4.69, 9.17) is 4.74 Å². The van der Waals surface area contributed by atoms with E-state index in [0.29, 0.717) is 12.1 Å². The van der Waals surface area contributed by atoms with E-state index in [1.165, 1.54) is 0 Å². The molecule has 2 heterocycles. The average molecular weight is 142 g/mol. The van der Waals surface area contributed by atoms with Gasteiger partial charge < -0.3 is 15.0 Å². The fraction of sp³-hybridized carbons (Fsp3) is 1.00. The number of ether oxygens (including phenoxy) is 1. The smallest absolute Gasteiger partial charge is 0.0633 e. The number of morpholine rings is 1. The summed E-state index contributed by atoms with van der Waals surface area (Å²) in [6.07, 6.45) is 0. The molecule has 0 radical (unpaired) electrons. The first-order valence-electron chi connectivity index (χ1n) is 3.87. The molecule has 0 spiro atoms. The fourth-order valence-electron chi connectivity index (χ4n) is 1.82. The number of piperazine rings is 1. The first kappa shape index (κ1) is 6.58. The SMILES string of the molecule is CN1C[C@H]2COC[C@@H](C1)N2. The molecule has 0 saturated carbocycles. The maximum Gasteiger partial charge on any atom is 0.0633 e. The van der Waals surface area contributed by atoms with E-state index in [1.807, 2.05) is 0 Å². The van der Waals surface area contributed by atoms with Crippen molar-refractivity contribution in [1.82, 2.24) is 10.2 Å². The van der Waals surface area contributed by atoms with E-state index in [2.05, 4.69) is 17.3 Å². The van der Waals surface area contributed by atoms with Crippen molar-refractivity contribution < 1.29 is 4.74 Å². The summed E-state index contributed by atoms with van der Waals surface area (Å²) < 4.78 is 5.40. The van der Waals surface area contributed by atoms with Gasteiger partial charge in [0.05, 0.1) is 13.2 Å². The van der Waals surface area contributed by atoms with Gasteiger partial charge in [0, 0.05) is 25.2 Å². The van der Waals surface area contributed by atoms with Crippen LogP contribution in [-0.2, 0) is 4.74 Å². The predicted octanol–water partition coefficient (Wildman–Crippen LogP) is -0.711. The van der Waals surface area contributed by atoms with Gasteiger partial charge in [-0.05, 0) is 7.05 Å². The van der Waals surface area contributed by atoms with Crippen molar-refractivity contribution in [3.05, 3.63) is 0 Å². The van der Waals surface area contributed by atoms with Crippen LogP contribution in [0.2, 0.25) is 0 Å². The molecule has 2 fully saturated rings. The molecule has 3 heteroatoms. The molecule has 0 aromatic carbocycles. The molecule has 1 N–H and O–H groups in total. The Morgan fingerprint density at radius 1 is 1.30 bits per heavy atom. The summed E-state index contributed by atoms with van der Waals surface area (Å²) in [5.74, 6) is 0. The highest BCUT2D eigenvalue weighted by Gasteiger charge is 2.28. The molecule has 0 aromatic heterocycles. The van der Waals surface area contributed by atoms with E-state index in [0.717, 1.165) is 26.3 Å². The zero-order chi connectivity index (χ0) is 6.97. The third kappa shape index (κ3) is 1.17. The summed E-state index contributed by atoms with van der Waals surface area (Å²) >= 11 is 0. The lowest BCUT2D eigenvalue weighted by atomic mass is 10.1. The summed E-state index contributed by atoms with van der Waals surface area (Å²) in [6.45, 7) is 4.05. The second-order valence-electron chi connectivity index (χ2n) is 3.32. The molecule has 2 aliphatic heterocycles. The van der Waals surface area contributed by atoms with Crippen LogP contribution < -0.4 is 5.32 Å². The lowest BCUT2D eigenvalue weighted by Crippen LogP contribution is -2.61. The molecular weight excluding hydrogens is 128 g/mol. The third-order valence-electron chi connectivity index (χ3n) is 2.17. The van der Waals surface area contributed by atoms with Crippen molar-refractivity contribution >= 4 is 0 Å². The third-order valence-corrected chi connectivity index (χ3v) is 2.17. The Kier molecular flexibility index (Phi) is 1.64. The number of nitrogens with one attached hydrogen (secondary N) is 1. The average Bonchev–Trinajstić information content (AvgIpc) is 1.85. The van der Waals surface area contributed by atoms with E-state index >= 15 is 0 Å². The number of rotatable bonds is 0. The van der Waals surface area contributed by atoms with Crippen molar-refractivity contribution in [3.8, 4) is 0 Å². The molecule has 0 aromatic rings. The van der Waals surface area contributed by atoms with Crippen molar-refractivity contribution in [2.45, 2.75) is 12.1 Å². The van der Waals surface area contributed by atoms with Crippen LogP contribution in [0.1, 0.15) is 0 Å². The molecule has 0 amide bonds. The molecule has 10 heavy (non-hydrogen) atoms. The Hall–Kier alpha value is -0.120. The summed E-state index contributed by atoms with van der Waals surface area (Å²) in [4.78, 5) is 2.37. The van der Waals surface area contributed by atoms with Gasteiger partial charge in [-0.3, -0.25) is 0 Å².